The van der Waals surface area contributed by atoms with Crippen molar-refractivity contribution in [3.05, 3.63) is 16.9 Å². The predicted octanol–water partition coefficient (Wildman–Crippen LogP) is 0.577. The van der Waals surface area contributed by atoms with E-state index in [1.54, 1.807) is 12.4 Å². The zero-order valence-electron chi connectivity index (χ0n) is 3.50. The van der Waals surface area contributed by atoms with Gasteiger partial charge >= 0.3 is 0 Å². The fourth-order valence-corrected chi connectivity index (χ4v) is 0.616. The fraction of sp³-hybridized carbons (Fsp3) is 0. The van der Waals surface area contributed by atoms with Crippen LogP contribution in [0.2, 0.25) is 0 Å². The lowest BCUT2D eigenvalue weighted by Gasteiger charge is -1.78. The van der Waals surface area contributed by atoms with Gasteiger partial charge in [-0.3, -0.25) is 0 Å². The van der Waals surface area contributed by atoms with E-state index in [2.05, 4.69) is 21.0 Å². The van der Waals surface area contributed by atoms with E-state index in [0.29, 0.717) is 0 Å². The lowest BCUT2D eigenvalue weighted by atomic mass is 10.5. The Morgan fingerprint density at radius 3 is 2.71 bits per heavy atom. The van der Waals surface area contributed by atoms with E-state index in [0.717, 1.165) is 4.47 Å². The lowest BCUT2D eigenvalue weighted by molar-refractivity contribution is 0.991. The average Bonchev–Trinajstić information content (AvgIpc) is 1.87. The zero-order valence-corrected chi connectivity index (χ0v) is 5.09. The largest absolute Gasteiger partial charge is 0.330 e. The molecule has 1 rings (SSSR count). The smallest absolute Gasteiger partial charge is 0.264 e. The van der Waals surface area contributed by atoms with Crippen LogP contribution in [-0.4, -0.2) is 17.7 Å². The molecule has 1 aromatic heterocycles. The highest BCUT2D eigenvalue weighted by molar-refractivity contribution is 9.10. The van der Waals surface area contributed by atoms with Gasteiger partial charge in [0.2, 0.25) is 0 Å². The number of hydrogen-bond donors (Lipinski definition) is 0. The molecule has 7 heavy (non-hydrogen) atoms. The Bertz CT molecular complexity index is 145. The van der Waals surface area contributed by atoms with Gasteiger partial charge in [0.1, 0.15) is 0 Å². The summed E-state index contributed by atoms with van der Waals surface area (Å²) in [6.07, 6.45) is 3.29. The van der Waals surface area contributed by atoms with Crippen molar-refractivity contribution in [2.45, 2.75) is 0 Å². The summed E-state index contributed by atoms with van der Waals surface area (Å²) < 4.78 is 2.14. The van der Waals surface area contributed by atoms with Crippen LogP contribution in [0.3, 0.4) is 0 Å². The second kappa shape index (κ2) is 1.70. The van der Waals surface area contributed by atoms with Crippen molar-refractivity contribution in [3.8, 4) is 0 Å². The van der Waals surface area contributed by atoms with Crippen LogP contribution in [0.25, 0.3) is 0 Å². The third-order valence-corrected chi connectivity index (χ3v) is 0.980. The maximum Gasteiger partial charge on any atom is 0.264 e. The highest BCUT2D eigenvalue weighted by Crippen LogP contribution is 2.03. The van der Waals surface area contributed by atoms with Crippen molar-refractivity contribution in [1.82, 2.24) is 9.69 Å². The maximum atomic E-state index is 5.15. The Kier molecular flexibility index (Phi) is 1.19. The Morgan fingerprint density at radius 2 is 2.57 bits per heavy atom. The van der Waals surface area contributed by atoms with Crippen LogP contribution in [0.1, 0.15) is 0 Å². The van der Waals surface area contributed by atoms with Crippen LogP contribution in [0.5, 0.6) is 0 Å². The van der Waals surface area contributed by atoms with Crippen molar-refractivity contribution in [2.24, 2.45) is 0 Å². The molecule has 0 aliphatic rings. The van der Waals surface area contributed by atoms with Crippen molar-refractivity contribution in [2.75, 3.05) is 0 Å². The molecule has 0 aliphatic carbocycles. The molecule has 34 valence electrons. The van der Waals surface area contributed by atoms with E-state index in [4.69, 9.17) is 7.98 Å². The third-order valence-electron chi connectivity index (χ3n) is 0.570. The SMILES string of the molecule is [B]n1cc(Br)cn1. The Balaban J connectivity index is 3.04. The summed E-state index contributed by atoms with van der Waals surface area (Å²) in [7, 11) is 5.15. The summed E-state index contributed by atoms with van der Waals surface area (Å²) in [5.41, 5.74) is 0. The van der Waals surface area contributed by atoms with E-state index in [-0.39, 0.29) is 0 Å². The molecule has 2 radical (unpaired) electrons. The molecule has 0 spiro atoms. The van der Waals surface area contributed by atoms with Gasteiger partial charge in [-0.15, -0.1) is 0 Å². The lowest BCUT2D eigenvalue weighted by Crippen LogP contribution is -1.88. The van der Waals surface area contributed by atoms with Gasteiger partial charge in [0.05, 0.1) is 10.7 Å². The van der Waals surface area contributed by atoms with Gasteiger partial charge in [-0.2, -0.15) is 5.10 Å². The zero-order chi connectivity index (χ0) is 5.28. The molecular weight excluding hydrogens is 155 g/mol. The molecule has 2 nitrogen and oxygen atoms in total. The predicted molar refractivity (Wildman–Crippen MR) is 31.1 cm³/mol. The number of hydrogen-bond acceptors (Lipinski definition) is 1. The third kappa shape index (κ3) is 1.06. The summed E-state index contributed by atoms with van der Waals surface area (Å²) in [5, 5.41) is 3.66. The van der Waals surface area contributed by atoms with Crippen LogP contribution >= 0.6 is 15.9 Å². The average molecular weight is 157 g/mol. The van der Waals surface area contributed by atoms with Crippen LogP contribution in [0, 0.1) is 0 Å². The van der Waals surface area contributed by atoms with Crippen LogP contribution in [0.15, 0.2) is 16.9 Å². The summed E-state index contributed by atoms with van der Waals surface area (Å²) in [6, 6.07) is 0. The molecule has 0 N–H and O–H groups in total. The normalized spacial score (nSPS) is 9.29. The van der Waals surface area contributed by atoms with Crippen LogP contribution < -0.4 is 0 Å². The topological polar surface area (TPSA) is 17.8 Å². The van der Waals surface area contributed by atoms with E-state index in [1.165, 1.54) is 4.59 Å². The molecule has 0 aromatic carbocycles. The minimum Gasteiger partial charge on any atom is -0.330 e. The molecule has 1 heterocycles. The van der Waals surface area contributed by atoms with Gasteiger partial charge in [-0.25, -0.2) is 0 Å². The first kappa shape index (κ1) is 4.90. The molecule has 0 atom stereocenters. The molecule has 0 saturated heterocycles. The Morgan fingerprint density at radius 1 is 1.86 bits per heavy atom. The monoisotopic (exact) mass is 156 g/mol. The second-order valence-corrected chi connectivity index (χ2v) is 2.05. The highest BCUT2D eigenvalue weighted by Gasteiger charge is 1.83. The van der Waals surface area contributed by atoms with Gasteiger partial charge in [0, 0.05) is 6.20 Å². The minimum atomic E-state index is 0.898. The summed E-state index contributed by atoms with van der Waals surface area (Å²) in [5.74, 6) is 0. The first-order chi connectivity index (χ1) is 3.29. The van der Waals surface area contributed by atoms with E-state index >= 15 is 0 Å². The highest BCUT2D eigenvalue weighted by atomic mass is 79.9. The van der Waals surface area contributed by atoms with Gasteiger partial charge in [0.15, 0.2) is 0 Å². The standard InChI is InChI=1S/C3H2BBrN2/c4-7-2-3(5)1-6-7/h1-2H. The second-order valence-electron chi connectivity index (χ2n) is 1.14. The number of nitrogens with zero attached hydrogens (tertiary/aromatic N) is 2. The Labute approximate surface area is 51.1 Å². The summed E-state index contributed by atoms with van der Waals surface area (Å²) in [4.78, 5) is 0. The molecule has 0 unspecified atom stereocenters. The molecular formula is C3H2BBrN2. The van der Waals surface area contributed by atoms with E-state index in [9.17, 15) is 0 Å². The number of halogens is 1. The van der Waals surface area contributed by atoms with Crippen LogP contribution in [-0.2, 0) is 0 Å². The van der Waals surface area contributed by atoms with Gasteiger partial charge in [-0.05, 0) is 15.9 Å². The molecule has 0 amide bonds. The first-order valence-corrected chi connectivity index (χ1v) is 2.53. The van der Waals surface area contributed by atoms with Gasteiger partial charge in [-0.1, -0.05) is 0 Å². The molecule has 4 heteroatoms. The van der Waals surface area contributed by atoms with E-state index < -0.39 is 0 Å². The maximum absolute atomic E-state index is 5.15. The Hall–Kier alpha value is -0.245. The quantitative estimate of drug-likeness (QED) is 0.503. The summed E-state index contributed by atoms with van der Waals surface area (Å²) >= 11 is 3.17. The number of rotatable bonds is 0. The molecule has 0 aliphatic heterocycles. The molecule has 0 bridgehead atoms. The summed E-state index contributed by atoms with van der Waals surface area (Å²) in [6.45, 7) is 0. The number of aromatic nitrogens is 2. The van der Waals surface area contributed by atoms with Gasteiger partial charge in [0.25, 0.3) is 7.98 Å². The molecule has 1 aromatic rings. The molecule has 0 saturated carbocycles. The fourth-order valence-electron chi connectivity index (χ4n) is 0.315. The van der Waals surface area contributed by atoms with Crippen molar-refractivity contribution in [3.63, 3.8) is 0 Å². The van der Waals surface area contributed by atoms with Crippen molar-refractivity contribution in [1.29, 1.82) is 0 Å². The van der Waals surface area contributed by atoms with E-state index in [1.807, 2.05) is 0 Å². The minimum absolute atomic E-state index is 0.898. The van der Waals surface area contributed by atoms with Crippen molar-refractivity contribution >= 4 is 23.9 Å². The molecule has 0 fully saturated rings. The van der Waals surface area contributed by atoms with Crippen LogP contribution in [0.4, 0.5) is 0 Å². The first-order valence-electron chi connectivity index (χ1n) is 1.74. The van der Waals surface area contributed by atoms with Gasteiger partial charge < -0.3 is 4.59 Å². The van der Waals surface area contributed by atoms with Crippen molar-refractivity contribution < 1.29 is 0 Å².